The summed E-state index contributed by atoms with van der Waals surface area (Å²) in [5, 5.41) is 14.8. The summed E-state index contributed by atoms with van der Waals surface area (Å²) in [6.07, 6.45) is 0. The molecule has 0 unspecified atom stereocenters. The normalized spacial score (nSPS) is 10.1. The van der Waals surface area contributed by atoms with Crippen LogP contribution in [-0.4, -0.2) is 17.5 Å². The molecule has 0 saturated carbocycles. The van der Waals surface area contributed by atoms with E-state index < -0.39 is 0 Å². The van der Waals surface area contributed by atoms with Crippen LogP contribution in [0.25, 0.3) is 11.3 Å². The highest BCUT2D eigenvalue weighted by Crippen LogP contribution is 2.24. The van der Waals surface area contributed by atoms with E-state index in [2.05, 4.69) is 10.3 Å². The lowest BCUT2D eigenvalue weighted by Crippen LogP contribution is -2.20. The minimum Gasteiger partial charge on any atom is -0.482 e. The highest BCUT2D eigenvalue weighted by Gasteiger charge is 2.08. The first-order valence-electron chi connectivity index (χ1n) is 7.60. The number of nitrogens with zero attached hydrogens (tertiary/aromatic N) is 2. The molecule has 0 spiro atoms. The zero-order chi connectivity index (χ0) is 17.6. The van der Waals surface area contributed by atoms with Crippen LogP contribution in [0.15, 0.2) is 53.9 Å². The Morgan fingerprint density at radius 1 is 1.28 bits per heavy atom. The van der Waals surface area contributed by atoms with Gasteiger partial charge in [-0.15, -0.1) is 11.3 Å². The van der Waals surface area contributed by atoms with E-state index in [1.165, 1.54) is 0 Å². The van der Waals surface area contributed by atoms with Crippen LogP contribution in [0.3, 0.4) is 0 Å². The van der Waals surface area contributed by atoms with E-state index in [1.54, 1.807) is 35.6 Å². The van der Waals surface area contributed by atoms with E-state index in [9.17, 15) is 4.79 Å². The quantitative estimate of drug-likeness (QED) is 0.755. The monoisotopic (exact) mass is 349 g/mol. The summed E-state index contributed by atoms with van der Waals surface area (Å²) in [4.78, 5) is 16.6. The van der Waals surface area contributed by atoms with Gasteiger partial charge in [-0.3, -0.25) is 4.79 Å². The van der Waals surface area contributed by atoms with E-state index in [0.29, 0.717) is 17.0 Å². The Morgan fingerprint density at radius 3 is 2.88 bits per heavy atom. The number of aromatic nitrogens is 1. The number of para-hydroxylation sites is 1. The van der Waals surface area contributed by atoms with Crippen molar-refractivity contribution < 1.29 is 9.53 Å². The minimum atomic E-state index is -0.292. The standard InChI is InChI=1S/C19H15N3O2S/c1-13-21-17(12-25-13)14-6-4-7-16(9-14)22-19(23)11-24-18-8-3-2-5-15(18)10-20/h2-9,12H,11H2,1H3,(H,22,23). The molecule has 0 bridgehead atoms. The number of nitrogens with one attached hydrogen (secondary N) is 1. The number of anilines is 1. The van der Waals surface area contributed by atoms with Gasteiger partial charge >= 0.3 is 0 Å². The SMILES string of the molecule is Cc1nc(-c2cccc(NC(=O)COc3ccccc3C#N)c2)cs1. The molecule has 25 heavy (non-hydrogen) atoms. The number of benzene rings is 2. The molecular weight excluding hydrogens is 334 g/mol. The molecule has 124 valence electrons. The van der Waals surface area contributed by atoms with Gasteiger partial charge < -0.3 is 10.1 Å². The van der Waals surface area contributed by atoms with Gasteiger partial charge in [-0.2, -0.15) is 5.26 Å². The predicted octanol–water partition coefficient (Wildman–Crippen LogP) is 4.01. The van der Waals surface area contributed by atoms with Crippen LogP contribution in [0.2, 0.25) is 0 Å². The van der Waals surface area contributed by atoms with E-state index in [4.69, 9.17) is 10.00 Å². The highest BCUT2D eigenvalue weighted by atomic mass is 32.1. The number of carbonyl (C=O) groups excluding carboxylic acids is 1. The van der Waals surface area contributed by atoms with Gasteiger partial charge in [0.15, 0.2) is 6.61 Å². The van der Waals surface area contributed by atoms with Gasteiger partial charge in [0, 0.05) is 16.6 Å². The van der Waals surface area contributed by atoms with Crippen LogP contribution >= 0.6 is 11.3 Å². The average molecular weight is 349 g/mol. The maximum Gasteiger partial charge on any atom is 0.262 e. The maximum atomic E-state index is 12.1. The van der Waals surface area contributed by atoms with Crippen LogP contribution in [0.4, 0.5) is 5.69 Å². The number of hydrogen-bond acceptors (Lipinski definition) is 5. The Kier molecular flexibility index (Phi) is 5.07. The molecule has 0 fully saturated rings. The van der Waals surface area contributed by atoms with E-state index >= 15 is 0 Å². The first kappa shape index (κ1) is 16.7. The van der Waals surface area contributed by atoms with Crippen molar-refractivity contribution in [1.82, 2.24) is 4.98 Å². The van der Waals surface area contributed by atoms with Crippen molar-refractivity contribution in [2.45, 2.75) is 6.92 Å². The lowest BCUT2D eigenvalue weighted by Gasteiger charge is -2.09. The summed E-state index contributed by atoms with van der Waals surface area (Å²) < 4.78 is 5.44. The molecule has 0 saturated heterocycles. The molecular formula is C19H15N3O2S. The van der Waals surface area contributed by atoms with Crippen molar-refractivity contribution >= 4 is 22.9 Å². The summed E-state index contributed by atoms with van der Waals surface area (Å²) >= 11 is 1.58. The van der Waals surface area contributed by atoms with Crippen LogP contribution in [-0.2, 0) is 4.79 Å². The number of hydrogen-bond donors (Lipinski definition) is 1. The number of amides is 1. The lowest BCUT2D eigenvalue weighted by molar-refractivity contribution is -0.118. The molecule has 0 atom stereocenters. The van der Waals surface area contributed by atoms with Crippen molar-refractivity contribution in [3.05, 3.63) is 64.5 Å². The Morgan fingerprint density at radius 2 is 2.12 bits per heavy atom. The minimum absolute atomic E-state index is 0.168. The summed E-state index contributed by atoms with van der Waals surface area (Å²) in [6, 6.07) is 16.3. The molecule has 5 nitrogen and oxygen atoms in total. The summed E-state index contributed by atoms with van der Waals surface area (Å²) in [5.74, 6) is 0.103. The molecule has 6 heteroatoms. The van der Waals surface area contributed by atoms with E-state index in [1.807, 2.05) is 42.6 Å². The van der Waals surface area contributed by atoms with Crippen LogP contribution in [0.1, 0.15) is 10.6 Å². The number of ether oxygens (including phenoxy) is 1. The second-order valence-corrected chi connectivity index (χ2v) is 6.34. The second-order valence-electron chi connectivity index (χ2n) is 5.28. The third kappa shape index (κ3) is 4.22. The molecule has 1 amide bonds. The van der Waals surface area contributed by atoms with Gasteiger partial charge in [-0.05, 0) is 31.2 Å². The molecule has 0 aliphatic carbocycles. The number of aryl methyl sites for hydroxylation is 1. The van der Waals surface area contributed by atoms with E-state index in [-0.39, 0.29) is 12.5 Å². The fourth-order valence-corrected chi connectivity index (χ4v) is 2.90. The first-order chi connectivity index (χ1) is 12.2. The largest absolute Gasteiger partial charge is 0.482 e. The summed E-state index contributed by atoms with van der Waals surface area (Å²) in [7, 11) is 0. The van der Waals surface area contributed by atoms with Gasteiger partial charge in [0.1, 0.15) is 11.8 Å². The summed E-state index contributed by atoms with van der Waals surface area (Å²) in [6.45, 7) is 1.79. The van der Waals surface area contributed by atoms with Crippen molar-refractivity contribution in [2.75, 3.05) is 11.9 Å². The van der Waals surface area contributed by atoms with Crippen molar-refractivity contribution in [3.63, 3.8) is 0 Å². The van der Waals surface area contributed by atoms with Crippen LogP contribution in [0.5, 0.6) is 5.75 Å². The lowest BCUT2D eigenvalue weighted by atomic mass is 10.1. The molecule has 0 aliphatic heterocycles. The molecule has 1 heterocycles. The van der Waals surface area contributed by atoms with Gasteiger partial charge in [0.05, 0.1) is 16.3 Å². The van der Waals surface area contributed by atoms with Gasteiger partial charge in [-0.25, -0.2) is 4.98 Å². The number of thiazole rings is 1. The molecule has 1 N–H and O–H groups in total. The van der Waals surface area contributed by atoms with Crippen molar-refractivity contribution in [1.29, 1.82) is 5.26 Å². The molecule has 3 rings (SSSR count). The van der Waals surface area contributed by atoms with Crippen LogP contribution < -0.4 is 10.1 Å². The van der Waals surface area contributed by atoms with Gasteiger partial charge in [0.2, 0.25) is 0 Å². The molecule has 0 radical (unpaired) electrons. The molecule has 3 aromatic rings. The second kappa shape index (κ2) is 7.60. The Hall–Kier alpha value is -3.17. The maximum absolute atomic E-state index is 12.1. The topological polar surface area (TPSA) is 75.0 Å². The Labute approximate surface area is 149 Å². The van der Waals surface area contributed by atoms with Crippen LogP contribution in [0, 0.1) is 18.3 Å². The molecule has 2 aromatic carbocycles. The average Bonchev–Trinajstić information content (AvgIpc) is 3.07. The van der Waals surface area contributed by atoms with Gasteiger partial charge in [0.25, 0.3) is 5.91 Å². The van der Waals surface area contributed by atoms with Gasteiger partial charge in [-0.1, -0.05) is 24.3 Å². The molecule has 1 aromatic heterocycles. The first-order valence-corrected chi connectivity index (χ1v) is 8.48. The predicted molar refractivity (Wildman–Crippen MR) is 97.6 cm³/mol. The number of nitriles is 1. The number of carbonyl (C=O) groups is 1. The third-order valence-electron chi connectivity index (χ3n) is 3.43. The third-order valence-corrected chi connectivity index (χ3v) is 4.20. The summed E-state index contributed by atoms with van der Waals surface area (Å²) in [5.41, 5.74) is 2.90. The zero-order valence-electron chi connectivity index (χ0n) is 13.5. The smallest absolute Gasteiger partial charge is 0.262 e. The fraction of sp³-hybridized carbons (Fsp3) is 0.105. The zero-order valence-corrected chi connectivity index (χ0v) is 14.3. The Balaban J connectivity index is 1.64. The molecule has 0 aliphatic rings. The number of rotatable bonds is 5. The van der Waals surface area contributed by atoms with Crippen molar-refractivity contribution in [2.24, 2.45) is 0 Å². The highest BCUT2D eigenvalue weighted by molar-refractivity contribution is 7.09. The fourth-order valence-electron chi connectivity index (χ4n) is 2.28. The van der Waals surface area contributed by atoms with E-state index in [0.717, 1.165) is 16.3 Å². The van der Waals surface area contributed by atoms with Crippen molar-refractivity contribution in [3.8, 4) is 23.1 Å². The Bertz CT molecular complexity index is 944.